The van der Waals surface area contributed by atoms with Gasteiger partial charge in [-0.3, -0.25) is 14.5 Å². The molecule has 0 saturated carbocycles. The molecule has 0 saturated heterocycles. The minimum atomic E-state index is -0.784. The van der Waals surface area contributed by atoms with Crippen molar-refractivity contribution < 1.29 is 14.0 Å². The third kappa shape index (κ3) is 4.62. The number of aryl methyl sites for hydroxylation is 1. The van der Waals surface area contributed by atoms with Crippen molar-refractivity contribution in [3.8, 4) is 0 Å². The summed E-state index contributed by atoms with van der Waals surface area (Å²) in [5, 5.41) is 0. The first-order chi connectivity index (χ1) is 11.6. The Hall–Kier alpha value is -2.76. The molecule has 2 aromatic rings. The predicted octanol–water partition coefficient (Wildman–Crippen LogP) is 3.32. The van der Waals surface area contributed by atoms with E-state index in [4.69, 9.17) is 5.73 Å². The molecule has 5 nitrogen and oxygen atoms in total. The first-order valence-electron chi connectivity index (χ1n) is 7.93. The molecule has 0 bridgehead atoms. The Kier molecular flexibility index (Phi) is 5.21. The van der Waals surface area contributed by atoms with Crippen LogP contribution in [-0.2, 0) is 0 Å². The van der Waals surface area contributed by atoms with E-state index in [0.717, 1.165) is 11.8 Å². The molecule has 0 aliphatic rings. The number of benzene rings is 1. The van der Waals surface area contributed by atoms with Crippen molar-refractivity contribution in [2.75, 3.05) is 11.4 Å². The number of hydrogen-bond donors (Lipinski definition) is 1. The summed E-state index contributed by atoms with van der Waals surface area (Å²) in [4.78, 5) is 30.0. The largest absolute Gasteiger partial charge is 0.366 e. The van der Waals surface area contributed by atoms with E-state index in [-0.39, 0.29) is 16.5 Å². The Bertz CT molecular complexity index is 813. The highest BCUT2D eigenvalue weighted by Crippen LogP contribution is 2.24. The van der Waals surface area contributed by atoms with Gasteiger partial charge in [-0.2, -0.15) is 0 Å². The SMILES string of the molecule is Cc1cccc(N(CC(C)(C)C)C(=O)c2ccc(C(N)=O)cc2F)n1. The Balaban J connectivity index is 2.47. The molecule has 1 heterocycles. The molecule has 0 aliphatic carbocycles. The smallest absolute Gasteiger partial charge is 0.262 e. The number of rotatable bonds is 4. The third-order valence-electron chi connectivity index (χ3n) is 3.51. The van der Waals surface area contributed by atoms with Gasteiger partial charge in [0.25, 0.3) is 5.91 Å². The summed E-state index contributed by atoms with van der Waals surface area (Å²) in [5.41, 5.74) is 5.58. The van der Waals surface area contributed by atoms with E-state index in [1.165, 1.54) is 17.0 Å². The van der Waals surface area contributed by atoms with E-state index in [1.807, 2.05) is 33.8 Å². The number of halogens is 1. The van der Waals surface area contributed by atoms with E-state index in [0.29, 0.717) is 12.4 Å². The summed E-state index contributed by atoms with van der Waals surface area (Å²) >= 11 is 0. The molecule has 0 radical (unpaired) electrons. The van der Waals surface area contributed by atoms with Gasteiger partial charge in [0.1, 0.15) is 11.6 Å². The summed E-state index contributed by atoms with van der Waals surface area (Å²) in [6.45, 7) is 8.13. The summed E-state index contributed by atoms with van der Waals surface area (Å²) in [5.74, 6) is -1.59. The first-order valence-corrected chi connectivity index (χ1v) is 7.93. The normalized spacial score (nSPS) is 11.2. The lowest BCUT2D eigenvalue weighted by atomic mass is 9.95. The molecule has 1 aromatic heterocycles. The van der Waals surface area contributed by atoms with Crippen molar-refractivity contribution >= 4 is 17.6 Å². The predicted molar refractivity (Wildman–Crippen MR) is 95.0 cm³/mol. The molecule has 2 N–H and O–H groups in total. The van der Waals surface area contributed by atoms with E-state index in [1.54, 1.807) is 12.1 Å². The summed E-state index contributed by atoms with van der Waals surface area (Å²) in [7, 11) is 0. The van der Waals surface area contributed by atoms with E-state index >= 15 is 0 Å². The fraction of sp³-hybridized carbons (Fsp3) is 0.316. The van der Waals surface area contributed by atoms with Crippen molar-refractivity contribution in [2.45, 2.75) is 27.7 Å². The molecule has 6 heteroatoms. The number of aromatic nitrogens is 1. The van der Waals surface area contributed by atoms with Gasteiger partial charge in [0.15, 0.2) is 0 Å². The fourth-order valence-corrected chi connectivity index (χ4v) is 2.40. The minimum Gasteiger partial charge on any atom is -0.366 e. The molecule has 0 fully saturated rings. The van der Waals surface area contributed by atoms with Crippen LogP contribution >= 0.6 is 0 Å². The molecule has 0 atom stereocenters. The maximum Gasteiger partial charge on any atom is 0.262 e. The van der Waals surface area contributed by atoms with Crippen molar-refractivity contribution in [2.24, 2.45) is 11.1 Å². The van der Waals surface area contributed by atoms with Gasteiger partial charge in [-0.25, -0.2) is 9.37 Å². The zero-order valence-corrected chi connectivity index (χ0v) is 14.8. The number of anilines is 1. The van der Waals surface area contributed by atoms with Crippen molar-refractivity contribution in [1.29, 1.82) is 0 Å². The minimum absolute atomic E-state index is 0.0186. The number of amides is 2. The highest BCUT2D eigenvalue weighted by Gasteiger charge is 2.26. The molecule has 1 aromatic carbocycles. The standard InChI is InChI=1S/C19H22FN3O2/c1-12-6-5-7-16(22-12)23(11-19(2,3)4)18(25)14-9-8-13(17(21)24)10-15(14)20/h5-10H,11H2,1-4H3,(H2,21,24). The zero-order valence-electron chi connectivity index (χ0n) is 14.8. The molecule has 2 amide bonds. The fourth-order valence-electron chi connectivity index (χ4n) is 2.40. The first kappa shape index (κ1) is 18.6. The maximum absolute atomic E-state index is 14.4. The molecule has 25 heavy (non-hydrogen) atoms. The Morgan fingerprint density at radius 1 is 1.20 bits per heavy atom. The van der Waals surface area contributed by atoms with Gasteiger partial charge in [0.05, 0.1) is 5.56 Å². The monoisotopic (exact) mass is 343 g/mol. The second-order valence-electron chi connectivity index (χ2n) is 7.15. The molecular formula is C19H22FN3O2. The van der Waals surface area contributed by atoms with Crippen LogP contribution in [-0.4, -0.2) is 23.3 Å². The Labute approximate surface area is 146 Å². The van der Waals surface area contributed by atoms with Crippen LogP contribution in [0.25, 0.3) is 0 Å². The van der Waals surface area contributed by atoms with Crippen LogP contribution in [0, 0.1) is 18.2 Å². The zero-order chi connectivity index (χ0) is 18.8. The second kappa shape index (κ2) is 7.01. The van der Waals surface area contributed by atoms with Gasteiger partial charge in [0, 0.05) is 17.8 Å². The highest BCUT2D eigenvalue weighted by molar-refractivity contribution is 6.06. The second-order valence-corrected chi connectivity index (χ2v) is 7.15. The number of carbonyl (C=O) groups is 2. The number of pyridine rings is 1. The number of nitrogens with zero attached hydrogens (tertiary/aromatic N) is 2. The molecule has 0 unspecified atom stereocenters. The van der Waals surface area contributed by atoms with Gasteiger partial charge in [-0.1, -0.05) is 26.8 Å². The van der Waals surface area contributed by atoms with Crippen LogP contribution in [0.1, 0.15) is 47.2 Å². The van der Waals surface area contributed by atoms with Crippen molar-refractivity contribution in [3.05, 3.63) is 59.0 Å². The average molecular weight is 343 g/mol. The van der Waals surface area contributed by atoms with Crippen LogP contribution in [0.3, 0.4) is 0 Å². The molecular weight excluding hydrogens is 321 g/mol. The van der Waals surface area contributed by atoms with Gasteiger partial charge < -0.3 is 5.73 Å². The number of hydrogen-bond acceptors (Lipinski definition) is 3. The van der Waals surface area contributed by atoms with E-state index in [2.05, 4.69) is 4.98 Å². The topological polar surface area (TPSA) is 76.3 Å². The quantitative estimate of drug-likeness (QED) is 0.925. The third-order valence-corrected chi connectivity index (χ3v) is 3.51. The molecule has 0 aliphatic heterocycles. The number of nitrogens with two attached hydrogens (primary N) is 1. The average Bonchev–Trinajstić information content (AvgIpc) is 2.51. The van der Waals surface area contributed by atoms with E-state index in [9.17, 15) is 14.0 Å². The Morgan fingerprint density at radius 2 is 1.88 bits per heavy atom. The summed E-state index contributed by atoms with van der Waals surface area (Å²) in [6, 6.07) is 8.94. The summed E-state index contributed by atoms with van der Waals surface area (Å²) in [6.07, 6.45) is 0. The molecule has 2 rings (SSSR count). The van der Waals surface area contributed by atoms with Crippen LogP contribution in [0.4, 0.5) is 10.2 Å². The van der Waals surface area contributed by atoms with Crippen molar-refractivity contribution in [3.63, 3.8) is 0 Å². The maximum atomic E-state index is 14.4. The Morgan fingerprint density at radius 3 is 2.40 bits per heavy atom. The van der Waals surface area contributed by atoms with Crippen LogP contribution in [0.15, 0.2) is 36.4 Å². The highest BCUT2D eigenvalue weighted by atomic mass is 19.1. The van der Waals surface area contributed by atoms with Gasteiger partial charge in [-0.15, -0.1) is 0 Å². The van der Waals surface area contributed by atoms with Gasteiger partial charge >= 0.3 is 0 Å². The van der Waals surface area contributed by atoms with Gasteiger partial charge in [-0.05, 0) is 42.7 Å². The number of carbonyl (C=O) groups excluding carboxylic acids is 2. The lowest BCUT2D eigenvalue weighted by Gasteiger charge is -2.29. The molecule has 132 valence electrons. The number of primary amides is 1. The van der Waals surface area contributed by atoms with E-state index < -0.39 is 17.6 Å². The lowest BCUT2D eigenvalue weighted by molar-refractivity contribution is 0.0967. The van der Waals surface area contributed by atoms with Crippen LogP contribution in [0.2, 0.25) is 0 Å². The van der Waals surface area contributed by atoms with Crippen LogP contribution < -0.4 is 10.6 Å². The van der Waals surface area contributed by atoms with Crippen molar-refractivity contribution in [1.82, 2.24) is 4.98 Å². The summed E-state index contributed by atoms with van der Waals surface area (Å²) < 4.78 is 14.4. The lowest BCUT2D eigenvalue weighted by Crippen LogP contribution is -2.39. The van der Waals surface area contributed by atoms with Crippen LogP contribution in [0.5, 0.6) is 0 Å². The van der Waals surface area contributed by atoms with Gasteiger partial charge in [0.2, 0.25) is 5.91 Å². The molecule has 0 spiro atoms.